The van der Waals surface area contributed by atoms with Crippen molar-refractivity contribution >= 4 is 34.7 Å². The van der Waals surface area contributed by atoms with E-state index in [2.05, 4.69) is 53.9 Å². The molecule has 0 aliphatic rings. The zero-order valence-electron chi connectivity index (χ0n) is 16.3. The number of halogens is 1. The molecule has 0 saturated heterocycles. The van der Waals surface area contributed by atoms with E-state index in [-0.39, 0.29) is 11.3 Å². The maximum Gasteiger partial charge on any atom is 0.271 e. The zero-order valence-corrected chi connectivity index (χ0v) is 18.5. The van der Waals surface area contributed by atoms with Crippen molar-refractivity contribution in [1.29, 1.82) is 0 Å². The summed E-state index contributed by atoms with van der Waals surface area (Å²) in [5.74, 6) is 1.09. The van der Waals surface area contributed by atoms with Crippen molar-refractivity contribution in [3.8, 4) is 11.5 Å². The summed E-state index contributed by atoms with van der Waals surface area (Å²) < 4.78 is 11.9. The molecule has 2 aromatic carbocycles. The molecule has 0 aliphatic carbocycles. The minimum Gasteiger partial charge on any atom is -0.493 e. The predicted molar refractivity (Wildman–Crippen MR) is 117 cm³/mol. The van der Waals surface area contributed by atoms with Gasteiger partial charge in [0.1, 0.15) is 0 Å². The van der Waals surface area contributed by atoms with Crippen molar-refractivity contribution in [2.45, 2.75) is 33.1 Å². The number of amides is 1. The highest BCUT2D eigenvalue weighted by molar-refractivity contribution is 14.1. The molecule has 0 bridgehead atoms. The molecule has 0 unspecified atom stereocenters. The molecule has 1 amide bonds. The molecule has 0 spiro atoms. The maximum atomic E-state index is 12.3. The van der Waals surface area contributed by atoms with Crippen LogP contribution in [0, 0.1) is 3.57 Å². The normalized spacial score (nSPS) is 11.5. The van der Waals surface area contributed by atoms with E-state index in [1.54, 1.807) is 13.3 Å². The van der Waals surface area contributed by atoms with Crippen LogP contribution in [0.2, 0.25) is 0 Å². The van der Waals surface area contributed by atoms with Gasteiger partial charge in [0.2, 0.25) is 0 Å². The summed E-state index contributed by atoms with van der Waals surface area (Å²) in [6.45, 7) is 8.90. The first-order chi connectivity index (χ1) is 12.8. The monoisotopic (exact) mass is 480 g/mol. The molecule has 6 heteroatoms. The Morgan fingerprint density at radius 3 is 2.44 bits per heavy atom. The summed E-state index contributed by atoms with van der Waals surface area (Å²) in [4.78, 5) is 12.3. The molecule has 0 aromatic heterocycles. The molecule has 0 atom stereocenters. The number of carbonyl (C=O) groups excluding carboxylic acids is 1. The lowest BCUT2D eigenvalue weighted by molar-refractivity contribution is 0.0955. The third-order valence-corrected chi connectivity index (χ3v) is 4.73. The summed E-state index contributed by atoms with van der Waals surface area (Å²) >= 11 is 2.19. The van der Waals surface area contributed by atoms with Crippen molar-refractivity contribution in [3.63, 3.8) is 0 Å². The summed E-state index contributed by atoms with van der Waals surface area (Å²) in [5.41, 5.74) is 5.17. The number of rotatable bonds is 6. The molecular formula is C21H25IN2O3. The number of nitrogens with zero attached hydrogens (tertiary/aromatic N) is 1. The largest absolute Gasteiger partial charge is 0.493 e. The van der Waals surface area contributed by atoms with E-state index in [9.17, 15) is 4.79 Å². The quantitative estimate of drug-likeness (QED) is 0.369. The Bertz CT molecular complexity index is 825. The van der Waals surface area contributed by atoms with E-state index in [0.717, 1.165) is 9.13 Å². The van der Waals surface area contributed by atoms with E-state index in [0.29, 0.717) is 23.7 Å². The van der Waals surface area contributed by atoms with Crippen LogP contribution in [0.3, 0.4) is 0 Å². The summed E-state index contributed by atoms with van der Waals surface area (Å²) in [5, 5.41) is 4.06. The minimum absolute atomic E-state index is 0.0526. The lowest BCUT2D eigenvalue weighted by Crippen LogP contribution is -2.18. The third-order valence-electron chi connectivity index (χ3n) is 3.93. The first-order valence-corrected chi connectivity index (χ1v) is 9.78. The Morgan fingerprint density at radius 2 is 1.89 bits per heavy atom. The van der Waals surface area contributed by atoms with Crippen molar-refractivity contribution in [2.24, 2.45) is 5.10 Å². The molecular weight excluding hydrogens is 455 g/mol. The highest BCUT2D eigenvalue weighted by Crippen LogP contribution is 2.33. The van der Waals surface area contributed by atoms with Crippen LogP contribution in [0.5, 0.6) is 11.5 Å². The summed E-state index contributed by atoms with van der Waals surface area (Å²) in [7, 11) is 1.60. The topological polar surface area (TPSA) is 59.9 Å². The highest BCUT2D eigenvalue weighted by atomic mass is 127. The Labute approximate surface area is 174 Å². The van der Waals surface area contributed by atoms with Gasteiger partial charge in [0.25, 0.3) is 5.91 Å². The molecule has 1 N–H and O–H groups in total. The first kappa shape index (κ1) is 21.2. The van der Waals surface area contributed by atoms with Gasteiger partial charge in [-0.2, -0.15) is 5.10 Å². The molecule has 144 valence electrons. The molecule has 0 saturated carbocycles. The maximum absolute atomic E-state index is 12.3. The molecule has 5 nitrogen and oxygen atoms in total. The van der Waals surface area contributed by atoms with Crippen LogP contribution in [0.25, 0.3) is 0 Å². The number of hydrogen-bond acceptors (Lipinski definition) is 4. The molecule has 0 heterocycles. The highest BCUT2D eigenvalue weighted by Gasteiger charge is 2.14. The lowest BCUT2D eigenvalue weighted by atomic mass is 9.87. The molecule has 0 fully saturated rings. The summed E-state index contributed by atoms with van der Waals surface area (Å²) in [6.07, 6.45) is 1.59. The second-order valence-corrected chi connectivity index (χ2v) is 8.16. The van der Waals surface area contributed by atoms with Gasteiger partial charge in [0.05, 0.1) is 23.5 Å². The van der Waals surface area contributed by atoms with Gasteiger partial charge in [-0.1, -0.05) is 32.9 Å². The van der Waals surface area contributed by atoms with E-state index in [1.165, 1.54) is 5.56 Å². The van der Waals surface area contributed by atoms with E-state index in [4.69, 9.17) is 9.47 Å². The number of ether oxygens (including phenoxy) is 2. The van der Waals surface area contributed by atoms with Crippen LogP contribution in [-0.2, 0) is 5.41 Å². The fourth-order valence-electron chi connectivity index (χ4n) is 2.45. The fourth-order valence-corrected chi connectivity index (χ4v) is 3.23. The average molecular weight is 480 g/mol. The second kappa shape index (κ2) is 9.21. The van der Waals surface area contributed by atoms with Crippen molar-refractivity contribution in [1.82, 2.24) is 5.43 Å². The Kier molecular flexibility index (Phi) is 7.24. The number of hydrogen-bond donors (Lipinski definition) is 1. The number of hydrazone groups is 1. The average Bonchev–Trinajstić information content (AvgIpc) is 2.63. The standard InChI is InChI=1S/C21H25IN2O3/c1-6-27-19-17(22)11-14(12-18(19)26-5)13-23-24-20(25)15-7-9-16(10-8-15)21(2,3)4/h7-13H,6H2,1-5H3,(H,24,25)/b23-13-. The van der Waals surface area contributed by atoms with Crippen LogP contribution >= 0.6 is 22.6 Å². The van der Waals surface area contributed by atoms with Gasteiger partial charge in [-0.15, -0.1) is 0 Å². The van der Waals surface area contributed by atoms with Crippen LogP contribution in [0.1, 0.15) is 49.2 Å². The smallest absolute Gasteiger partial charge is 0.271 e. The van der Waals surface area contributed by atoms with Crippen molar-refractivity contribution in [3.05, 3.63) is 56.7 Å². The van der Waals surface area contributed by atoms with E-state index in [1.807, 2.05) is 43.3 Å². The lowest BCUT2D eigenvalue weighted by Gasteiger charge is -2.18. The number of benzene rings is 2. The van der Waals surface area contributed by atoms with Gasteiger partial charge in [0.15, 0.2) is 11.5 Å². The van der Waals surface area contributed by atoms with Crippen molar-refractivity contribution in [2.75, 3.05) is 13.7 Å². The molecule has 2 rings (SSSR count). The second-order valence-electron chi connectivity index (χ2n) is 6.99. The predicted octanol–water partition coefficient (Wildman–Crippen LogP) is 4.76. The summed E-state index contributed by atoms with van der Waals surface area (Å²) in [6, 6.07) is 11.3. The first-order valence-electron chi connectivity index (χ1n) is 8.70. The van der Waals surface area contributed by atoms with Gasteiger partial charge < -0.3 is 9.47 Å². The van der Waals surface area contributed by atoms with Gasteiger partial charge in [-0.05, 0) is 70.3 Å². The third kappa shape index (κ3) is 5.69. The van der Waals surface area contributed by atoms with Gasteiger partial charge in [-0.25, -0.2) is 5.43 Å². The van der Waals surface area contributed by atoms with E-state index >= 15 is 0 Å². The molecule has 0 radical (unpaired) electrons. The number of methoxy groups -OCH3 is 1. The SMILES string of the molecule is CCOc1c(I)cc(/C=N\NC(=O)c2ccc(C(C)(C)C)cc2)cc1OC. The zero-order chi connectivity index (χ0) is 20.0. The molecule has 0 aliphatic heterocycles. The van der Waals surface area contributed by atoms with Crippen molar-refractivity contribution < 1.29 is 14.3 Å². The Balaban J connectivity index is 2.08. The van der Waals surface area contributed by atoms with Gasteiger partial charge in [0, 0.05) is 5.56 Å². The fraction of sp³-hybridized carbons (Fsp3) is 0.333. The van der Waals surface area contributed by atoms with Crippen LogP contribution in [0.4, 0.5) is 0 Å². The van der Waals surface area contributed by atoms with Crippen LogP contribution < -0.4 is 14.9 Å². The number of carbonyl (C=O) groups is 1. The molecule has 2 aromatic rings. The van der Waals surface area contributed by atoms with E-state index < -0.39 is 0 Å². The number of nitrogens with one attached hydrogen (secondary N) is 1. The minimum atomic E-state index is -0.251. The van der Waals surface area contributed by atoms with Crippen LogP contribution in [0.15, 0.2) is 41.5 Å². The Morgan fingerprint density at radius 1 is 1.22 bits per heavy atom. The van der Waals surface area contributed by atoms with Crippen LogP contribution in [-0.4, -0.2) is 25.8 Å². The van der Waals surface area contributed by atoms with Gasteiger partial charge >= 0.3 is 0 Å². The molecule has 27 heavy (non-hydrogen) atoms. The van der Waals surface area contributed by atoms with Gasteiger partial charge in [-0.3, -0.25) is 4.79 Å². The Hall–Kier alpha value is -2.09.